The zero-order valence-electron chi connectivity index (χ0n) is 20.3. The van der Waals surface area contributed by atoms with Gasteiger partial charge in [-0.15, -0.1) is 0 Å². The van der Waals surface area contributed by atoms with Crippen LogP contribution in [0.1, 0.15) is 89.9 Å². The first-order chi connectivity index (χ1) is 15.9. The summed E-state index contributed by atoms with van der Waals surface area (Å²) < 4.78 is 0. The Morgan fingerprint density at radius 1 is 0.848 bits per heavy atom. The number of hydrogen-bond acceptors (Lipinski definition) is 4. The van der Waals surface area contributed by atoms with Crippen LogP contribution in [0, 0.1) is 35.0 Å². The maximum Gasteiger partial charge on any atom is 0.237 e. The van der Waals surface area contributed by atoms with Crippen LogP contribution in [0.5, 0.6) is 0 Å². The third-order valence-electron chi connectivity index (χ3n) is 9.35. The highest BCUT2D eigenvalue weighted by atomic mass is 16.2. The van der Waals surface area contributed by atoms with Crippen LogP contribution in [-0.4, -0.2) is 47.7 Å². The van der Waals surface area contributed by atoms with Crippen LogP contribution < -0.4 is 16.8 Å². The highest BCUT2D eigenvalue weighted by Gasteiger charge is 2.47. The Morgan fingerprint density at radius 2 is 1.55 bits per heavy atom. The number of primary amides is 1. The van der Waals surface area contributed by atoms with Crippen molar-refractivity contribution in [2.75, 3.05) is 13.1 Å². The molecule has 4 rings (SSSR count). The fourth-order valence-corrected chi connectivity index (χ4v) is 7.27. The van der Waals surface area contributed by atoms with Crippen molar-refractivity contribution in [3.05, 3.63) is 0 Å². The Bertz CT molecular complexity index is 699. The summed E-state index contributed by atoms with van der Waals surface area (Å²) in [6.45, 7) is 1.71. The van der Waals surface area contributed by atoms with E-state index in [1.54, 1.807) is 0 Å². The number of likely N-dealkylation sites (tertiary alicyclic amines) is 1. The van der Waals surface area contributed by atoms with E-state index in [1.807, 2.05) is 0 Å². The standard InChI is InChI=1S/C26H45N5O2/c27-24(28)21-11-10-20-14-23(26(33)30-13-12-17-4-2-1-3-5-17)31(22(20)15-21)16-18-6-8-19(9-7-18)25(29)32/h17-23H,1-16H2,(H3,27,28)(H2,29,32)(H,30,33). The minimum Gasteiger partial charge on any atom is -0.387 e. The number of nitrogens with one attached hydrogen (secondary N) is 2. The normalized spacial score (nSPS) is 35.6. The van der Waals surface area contributed by atoms with Crippen LogP contribution in [0.2, 0.25) is 0 Å². The zero-order valence-corrected chi connectivity index (χ0v) is 20.3. The molecule has 0 spiro atoms. The summed E-state index contributed by atoms with van der Waals surface area (Å²) in [5, 5.41) is 11.3. The van der Waals surface area contributed by atoms with Gasteiger partial charge in [0.1, 0.15) is 0 Å². The topological polar surface area (TPSA) is 125 Å². The van der Waals surface area contributed by atoms with Crippen LogP contribution in [0.15, 0.2) is 0 Å². The van der Waals surface area contributed by atoms with Gasteiger partial charge in [0.05, 0.1) is 11.9 Å². The second kappa shape index (κ2) is 11.2. The van der Waals surface area contributed by atoms with E-state index >= 15 is 0 Å². The predicted molar refractivity (Wildman–Crippen MR) is 130 cm³/mol. The van der Waals surface area contributed by atoms with E-state index in [1.165, 1.54) is 32.1 Å². The van der Waals surface area contributed by atoms with Gasteiger partial charge in [-0.1, -0.05) is 32.1 Å². The molecule has 186 valence electrons. The lowest BCUT2D eigenvalue weighted by Gasteiger charge is -2.39. The highest BCUT2D eigenvalue weighted by Crippen LogP contribution is 2.43. The lowest BCUT2D eigenvalue weighted by molar-refractivity contribution is -0.126. The van der Waals surface area contributed by atoms with Crippen LogP contribution in [0.4, 0.5) is 0 Å². The average Bonchev–Trinajstić information content (AvgIpc) is 3.17. The van der Waals surface area contributed by atoms with Crippen molar-refractivity contribution < 1.29 is 9.59 Å². The highest BCUT2D eigenvalue weighted by molar-refractivity contribution is 5.82. The van der Waals surface area contributed by atoms with Crippen molar-refractivity contribution in [2.45, 2.75) is 102 Å². The van der Waals surface area contributed by atoms with Gasteiger partial charge in [0.25, 0.3) is 0 Å². The summed E-state index contributed by atoms with van der Waals surface area (Å²) >= 11 is 0. The van der Waals surface area contributed by atoms with E-state index in [4.69, 9.17) is 16.9 Å². The Hall–Kier alpha value is -1.63. The molecule has 0 radical (unpaired) electrons. The summed E-state index contributed by atoms with van der Waals surface area (Å²) in [4.78, 5) is 27.4. The monoisotopic (exact) mass is 459 g/mol. The van der Waals surface area contributed by atoms with Crippen LogP contribution >= 0.6 is 0 Å². The number of hydrogen-bond donors (Lipinski definition) is 4. The first-order valence-electron chi connectivity index (χ1n) is 13.6. The molecule has 0 aromatic heterocycles. The summed E-state index contributed by atoms with van der Waals surface area (Å²) in [5.74, 6) is 2.31. The maximum absolute atomic E-state index is 13.4. The molecule has 4 atom stereocenters. The van der Waals surface area contributed by atoms with Crippen molar-refractivity contribution in [2.24, 2.45) is 41.1 Å². The fourth-order valence-electron chi connectivity index (χ4n) is 7.27. The molecule has 4 aliphatic rings. The van der Waals surface area contributed by atoms with Gasteiger partial charge in [0.15, 0.2) is 0 Å². The molecular formula is C26H45N5O2. The third kappa shape index (κ3) is 6.09. The Morgan fingerprint density at radius 3 is 2.21 bits per heavy atom. The van der Waals surface area contributed by atoms with Gasteiger partial charge in [0.2, 0.25) is 11.8 Å². The molecule has 4 fully saturated rings. The van der Waals surface area contributed by atoms with E-state index in [0.717, 1.165) is 76.8 Å². The quantitative estimate of drug-likeness (QED) is 0.328. The molecular weight excluding hydrogens is 414 g/mol. The van der Waals surface area contributed by atoms with Gasteiger partial charge in [-0.25, -0.2) is 0 Å². The van der Waals surface area contributed by atoms with Crippen molar-refractivity contribution in [3.8, 4) is 0 Å². The second-order valence-corrected chi connectivity index (χ2v) is 11.4. The molecule has 7 heteroatoms. The molecule has 2 amide bonds. The predicted octanol–water partition coefficient (Wildman–Crippen LogP) is 3.16. The molecule has 3 aliphatic carbocycles. The van der Waals surface area contributed by atoms with Gasteiger partial charge in [-0.05, 0) is 75.5 Å². The lowest BCUT2D eigenvalue weighted by Crippen LogP contribution is -2.50. The number of carbonyl (C=O) groups is 2. The Balaban J connectivity index is 1.37. The third-order valence-corrected chi connectivity index (χ3v) is 9.35. The summed E-state index contributed by atoms with van der Waals surface area (Å²) in [5.41, 5.74) is 11.4. The minimum absolute atomic E-state index is 0.0169. The molecule has 7 nitrogen and oxygen atoms in total. The second-order valence-electron chi connectivity index (χ2n) is 11.4. The molecule has 0 aromatic carbocycles. The first kappa shape index (κ1) is 24.5. The minimum atomic E-state index is -0.165. The molecule has 0 bridgehead atoms. The number of amides is 2. The van der Waals surface area contributed by atoms with Crippen molar-refractivity contribution >= 4 is 17.6 Å². The average molecular weight is 460 g/mol. The Labute approximate surface area is 199 Å². The maximum atomic E-state index is 13.4. The zero-order chi connectivity index (χ0) is 23.4. The number of fused-ring (bicyclic) bond motifs is 1. The van der Waals surface area contributed by atoms with Gasteiger partial charge in [0, 0.05) is 31.0 Å². The number of nitrogens with zero attached hydrogens (tertiary/aromatic N) is 1. The van der Waals surface area contributed by atoms with Gasteiger partial charge in [-0.2, -0.15) is 0 Å². The lowest BCUT2D eigenvalue weighted by atomic mass is 9.77. The first-order valence-corrected chi connectivity index (χ1v) is 13.6. The van der Waals surface area contributed by atoms with Crippen LogP contribution in [0.25, 0.3) is 0 Å². The van der Waals surface area contributed by atoms with E-state index < -0.39 is 0 Å². The van der Waals surface area contributed by atoms with Gasteiger partial charge < -0.3 is 16.8 Å². The van der Waals surface area contributed by atoms with E-state index in [9.17, 15) is 9.59 Å². The summed E-state index contributed by atoms with van der Waals surface area (Å²) in [6.07, 6.45) is 15.4. The smallest absolute Gasteiger partial charge is 0.237 e. The molecule has 4 unspecified atom stereocenters. The van der Waals surface area contributed by atoms with Crippen molar-refractivity contribution in [1.29, 1.82) is 5.41 Å². The molecule has 1 aliphatic heterocycles. The molecule has 33 heavy (non-hydrogen) atoms. The van der Waals surface area contributed by atoms with E-state index in [-0.39, 0.29) is 29.7 Å². The van der Waals surface area contributed by atoms with Gasteiger partial charge >= 0.3 is 0 Å². The number of nitrogens with two attached hydrogens (primary N) is 2. The number of rotatable bonds is 8. The summed E-state index contributed by atoms with van der Waals surface area (Å²) in [7, 11) is 0. The number of amidine groups is 1. The van der Waals surface area contributed by atoms with Crippen molar-refractivity contribution in [3.63, 3.8) is 0 Å². The van der Waals surface area contributed by atoms with Crippen molar-refractivity contribution in [1.82, 2.24) is 10.2 Å². The van der Waals surface area contributed by atoms with Gasteiger partial charge in [-0.3, -0.25) is 19.9 Å². The SMILES string of the molecule is N=C(N)C1CCC2CC(C(=O)NCCC3CCCCC3)N(CC3CCC(C(N)=O)CC3)C2C1. The van der Waals surface area contributed by atoms with Crippen LogP contribution in [0.3, 0.4) is 0 Å². The molecule has 3 saturated carbocycles. The van der Waals surface area contributed by atoms with E-state index in [0.29, 0.717) is 23.7 Å². The summed E-state index contributed by atoms with van der Waals surface area (Å²) in [6, 6.07) is 0.279. The Kier molecular flexibility index (Phi) is 8.31. The largest absolute Gasteiger partial charge is 0.387 e. The fraction of sp³-hybridized carbons (Fsp3) is 0.885. The number of carbonyl (C=O) groups excluding carboxylic acids is 2. The molecule has 1 saturated heterocycles. The molecule has 0 aromatic rings. The molecule has 1 heterocycles. The van der Waals surface area contributed by atoms with E-state index in [2.05, 4.69) is 10.2 Å². The molecule has 6 N–H and O–H groups in total. The van der Waals surface area contributed by atoms with Crippen LogP contribution in [-0.2, 0) is 9.59 Å².